The van der Waals surface area contributed by atoms with Gasteiger partial charge >= 0.3 is 0 Å². The molecule has 0 atom stereocenters. The third kappa shape index (κ3) is 1.01. The molecule has 2 heterocycles. The van der Waals surface area contributed by atoms with Crippen LogP contribution in [0.4, 0.5) is 0 Å². The number of pyridine rings is 1. The number of hydrogen-bond donors (Lipinski definition) is 0. The van der Waals surface area contributed by atoms with Crippen LogP contribution in [0.3, 0.4) is 0 Å². The topological polar surface area (TPSA) is 25.8 Å². The van der Waals surface area contributed by atoms with Crippen LogP contribution in [0.15, 0.2) is 17.8 Å². The Labute approximate surface area is 75.5 Å². The van der Waals surface area contributed by atoms with E-state index in [4.69, 9.17) is 0 Å². The summed E-state index contributed by atoms with van der Waals surface area (Å²) in [4.78, 5) is 9.33. The second-order valence-corrected chi connectivity index (χ2v) is 3.91. The lowest BCUT2D eigenvalue weighted by atomic mass is 10.5. The van der Waals surface area contributed by atoms with E-state index in [-0.39, 0.29) is 0 Å². The molecule has 0 aromatic carbocycles. The zero-order chi connectivity index (χ0) is 6.97. The quantitative estimate of drug-likeness (QED) is 0.681. The SMILES string of the molecule is Ic1cnc2scnc2c1. The summed E-state index contributed by atoms with van der Waals surface area (Å²) in [5, 5.41) is 0. The van der Waals surface area contributed by atoms with Crippen molar-refractivity contribution in [2.45, 2.75) is 0 Å². The Morgan fingerprint density at radius 2 is 2.30 bits per heavy atom. The van der Waals surface area contributed by atoms with Crippen molar-refractivity contribution in [3.8, 4) is 0 Å². The van der Waals surface area contributed by atoms with E-state index in [0.29, 0.717) is 0 Å². The molecule has 0 aliphatic carbocycles. The summed E-state index contributed by atoms with van der Waals surface area (Å²) in [6.45, 7) is 0. The van der Waals surface area contributed by atoms with Crippen LogP contribution in [0.25, 0.3) is 10.3 Å². The zero-order valence-corrected chi connectivity index (χ0v) is 7.89. The average Bonchev–Trinajstić information content (AvgIpc) is 2.33. The molecule has 0 aliphatic rings. The molecular weight excluding hydrogens is 259 g/mol. The lowest BCUT2D eigenvalue weighted by molar-refractivity contribution is 1.38. The molecule has 0 radical (unpaired) electrons. The van der Waals surface area contributed by atoms with Crippen LogP contribution in [0.2, 0.25) is 0 Å². The Balaban J connectivity index is 2.86. The maximum atomic E-state index is 4.19. The van der Waals surface area contributed by atoms with Crippen LogP contribution >= 0.6 is 33.9 Å². The number of halogens is 1. The first-order valence-corrected chi connectivity index (χ1v) is 4.67. The second kappa shape index (κ2) is 2.43. The van der Waals surface area contributed by atoms with Gasteiger partial charge in [-0.05, 0) is 28.7 Å². The van der Waals surface area contributed by atoms with Gasteiger partial charge in [-0.15, -0.1) is 11.3 Å². The standard InChI is InChI=1S/C6H3IN2S/c7-4-1-5-6(8-2-4)10-3-9-5/h1-3H. The first-order valence-electron chi connectivity index (χ1n) is 2.71. The van der Waals surface area contributed by atoms with Crippen molar-refractivity contribution in [2.24, 2.45) is 0 Å². The Kier molecular flexibility index (Phi) is 1.57. The third-order valence-electron chi connectivity index (χ3n) is 1.15. The van der Waals surface area contributed by atoms with E-state index >= 15 is 0 Å². The predicted molar refractivity (Wildman–Crippen MR) is 50.1 cm³/mol. The molecule has 0 aliphatic heterocycles. The molecule has 50 valence electrons. The van der Waals surface area contributed by atoms with Crippen molar-refractivity contribution < 1.29 is 0 Å². The third-order valence-corrected chi connectivity index (χ3v) is 2.49. The van der Waals surface area contributed by atoms with Crippen LogP contribution in [-0.4, -0.2) is 9.97 Å². The summed E-state index contributed by atoms with van der Waals surface area (Å²) < 4.78 is 1.14. The lowest BCUT2D eigenvalue weighted by Gasteiger charge is -1.86. The highest BCUT2D eigenvalue weighted by Crippen LogP contribution is 2.16. The lowest BCUT2D eigenvalue weighted by Crippen LogP contribution is -1.74. The van der Waals surface area contributed by atoms with Gasteiger partial charge in [0.05, 0.1) is 5.51 Å². The Morgan fingerprint density at radius 3 is 3.20 bits per heavy atom. The molecule has 2 aromatic heterocycles. The molecule has 0 saturated carbocycles. The van der Waals surface area contributed by atoms with Gasteiger partial charge in [-0.25, -0.2) is 9.97 Å². The van der Waals surface area contributed by atoms with Gasteiger partial charge in [-0.1, -0.05) is 0 Å². The number of aromatic nitrogens is 2. The largest absolute Gasteiger partial charge is 0.243 e. The van der Waals surface area contributed by atoms with Crippen molar-refractivity contribution in [3.05, 3.63) is 21.3 Å². The zero-order valence-electron chi connectivity index (χ0n) is 4.91. The fraction of sp³-hybridized carbons (Fsp3) is 0. The maximum Gasteiger partial charge on any atom is 0.143 e. The van der Waals surface area contributed by atoms with Crippen LogP contribution in [0.1, 0.15) is 0 Å². The normalized spacial score (nSPS) is 10.5. The average molecular weight is 262 g/mol. The van der Waals surface area contributed by atoms with Gasteiger partial charge in [0, 0.05) is 9.77 Å². The summed E-state index contributed by atoms with van der Waals surface area (Å²) in [5.41, 5.74) is 2.81. The molecule has 2 rings (SSSR count). The van der Waals surface area contributed by atoms with Crippen LogP contribution in [0, 0.1) is 3.57 Å². The van der Waals surface area contributed by atoms with E-state index in [1.165, 1.54) is 0 Å². The van der Waals surface area contributed by atoms with Gasteiger partial charge in [-0.3, -0.25) is 0 Å². The monoisotopic (exact) mass is 262 g/mol. The van der Waals surface area contributed by atoms with Gasteiger partial charge < -0.3 is 0 Å². The molecular formula is C6H3IN2S. The fourth-order valence-electron chi connectivity index (χ4n) is 0.732. The first-order chi connectivity index (χ1) is 4.86. The highest BCUT2D eigenvalue weighted by Gasteiger charge is 1.95. The summed E-state index contributed by atoms with van der Waals surface area (Å²) in [5.74, 6) is 0. The molecule has 0 spiro atoms. The minimum Gasteiger partial charge on any atom is -0.243 e. The molecule has 0 fully saturated rings. The van der Waals surface area contributed by atoms with Gasteiger partial charge in [0.2, 0.25) is 0 Å². The van der Waals surface area contributed by atoms with Gasteiger partial charge in [0.15, 0.2) is 0 Å². The van der Waals surface area contributed by atoms with Crippen molar-refractivity contribution in [1.82, 2.24) is 9.97 Å². The van der Waals surface area contributed by atoms with Crippen LogP contribution in [0.5, 0.6) is 0 Å². The maximum absolute atomic E-state index is 4.19. The summed E-state index contributed by atoms with van der Waals surface area (Å²) in [6, 6.07) is 2.03. The number of nitrogens with zero attached hydrogens (tertiary/aromatic N) is 2. The van der Waals surface area contributed by atoms with Crippen molar-refractivity contribution in [3.63, 3.8) is 0 Å². The molecule has 10 heavy (non-hydrogen) atoms. The first kappa shape index (κ1) is 6.48. The summed E-state index contributed by atoms with van der Waals surface area (Å²) in [6.07, 6.45) is 1.85. The number of hydrogen-bond acceptors (Lipinski definition) is 3. The van der Waals surface area contributed by atoms with Crippen LogP contribution < -0.4 is 0 Å². The number of rotatable bonds is 0. The molecule has 4 heteroatoms. The Hall–Kier alpha value is -0.230. The smallest absolute Gasteiger partial charge is 0.143 e. The number of thiazole rings is 1. The van der Waals surface area contributed by atoms with E-state index < -0.39 is 0 Å². The molecule has 2 aromatic rings. The molecule has 0 N–H and O–H groups in total. The van der Waals surface area contributed by atoms with Crippen molar-refractivity contribution >= 4 is 44.3 Å². The van der Waals surface area contributed by atoms with E-state index in [2.05, 4.69) is 32.6 Å². The minimum atomic E-state index is 0.997. The predicted octanol–water partition coefficient (Wildman–Crippen LogP) is 2.30. The van der Waals surface area contributed by atoms with E-state index in [0.717, 1.165) is 13.9 Å². The van der Waals surface area contributed by atoms with E-state index in [1.54, 1.807) is 11.3 Å². The number of fused-ring (bicyclic) bond motifs is 1. The molecule has 0 saturated heterocycles. The summed E-state index contributed by atoms with van der Waals surface area (Å²) in [7, 11) is 0. The summed E-state index contributed by atoms with van der Waals surface area (Å²) >= 11 is 3.80. The highest BCUT2D eigenvalue weighted by atomic mass is 127. The Morgan fingerprint density at radius 1 is 1.40 bits per heavy atom. The van der Waals surface area contributed by atoms with Crippen LogP contribution in [-0.2, 0) is 0 Å². The minimum absolute atomic E-state index is 0.997. The van der Waals surface area contributed by atoms with Crippen molar-refractivity contribution in [2.75, 3.05) is 0 Å². The second-order valence-electron chi connectivity index (χ2n) is 1.83. The molecule has 0 unspecified atom stereocenters. The van der Waals surface area contributed by atoms with Gasteiger partial charge in [0.1, 0.15) is 10.3 Å². The molecule has 0 bridgehead atoms. The van der Waals surface area contributed by atoms with E-state index in [1.807, 2.05) is 17.8 Å². The molecule has 0 amide bonds. The molecule has 2 nitrogen and oxygen atoms in total. The van der Waals surface area contributed by atoms with Crippen molar-refractivity contribution in [1.29, 1.82) is 0 Å². The van der Waals surface area contributed by atoms with Gasteiger partial charge in [0.25, 0.3) is 0 Å². The fourth-order valence-corrected chi connectivity index (χ4v) is 1.78. The Bertz CT molecular complexity index is 357. The highest BCUT2D eigenvalue weighted by molar-refractivity contribution is 14.1. The van der Waals surface area contributed by atoms with E-state index in [9.17, 15) is 0 Å². The van der Waals surface area contributed by atoms with Gasteiger partial charge in [-0.2, -0.15) is 0 Å².